The Kier molecular flexibility index (Phi) is 15.4. The van der Waals surface area contributed by atoms with Gasteiger partial charge in [0.25, 0.3) is 0 Å². The molecule has 12 heavy (non-hydrogen) atoms. The molecule has 0 aliphatic heterocycles. The van der Waals surface area contributed by atoms with Gasteiger partial charge in [-0.05, 0) is 0 Å². The zero-order valence-electron chi connectivity index (χ0n) is 7.61. The van der Waals surface area contributed by atoms with Gasteiger partial charge in [-0.15, -0.1) is 0 Å². The number of hydrogen-bond donors (Lipinski definition) is 2. The molecule has 0 rings (SSSR count). The fourth-order valence-corrected chi connectivity index (χ4v) is 3.39. The average Bonchev–Trinajstić information content (AvgIpc) is 1.86. The average molecular weight is 220 g/mol. The fraction of sp³-hybridized carbons (Fsp3) is 0.833. The zero-order valence-corrected chi connectivity index (χ0v) is 11.2. The van der Waals surface area contributed by atoms with E-state index in [4.69, 9.17) is 15.0 Å². The third-order valence-electron chi connectivity index (χ3n) is 0.896. The topological polar surface area (TPSA) is 57.5 Å². The van der Waals surface area contributed by atoms with E-state index in [9.17, 15) is 0 Å². The van der Waals surface area contributed by atoms with Gasteiger partial charge >= 0.3 is 82.2 Å². The first kappa shape index (κ1) is 15.4. The minimum Gasteiger partial charge on any atom is -0.450 e. The van der Waals surface area contributed by atoms with Crippen LogP contribution in [0.2, 0.25) is 0 Å². The summed E-state index contributed by atoms with van der Waals surface area (Å²) in [6.07, 6.45) is -0.458. The molecule has 0 saturated carbocycles. The van der Waals surface area contributed by atoms with Crippen LogP contribution in [0.4, 0.5) is 4.79 Å². The molecule has 0 aromatic rings. The standard InChI is InChI=1S/C5H12S2.CH2O3.Na/c1-5(2)3-4-7-6;2-1(3)4;/h5-6H,3-4H2,1-2H3;(H2,2,3,4);/q;;+1/p-1. The van der Waals surface area contributed by atoms with Crippen LogP contribution < -0.4 is 0 Å². The van der Waals surface area contributed by atoms with Gasteiger partial charge in [-0.1, -0.05) is 0 Å². The third-order valence-corrected chi connectivity index (χ3v) is 4.86. The van der Waals surface area contributed by atoms with Gasteiger partial charge in [-0.25, -0.2) is 4.79 Å². The molecule has 3 nitrogen and oxygen atoms in total. The molecule has 0 atom stereocenters. The predicted octanol–water partition coefficient (Wildman–Crippen LogP) is 2.72. The van der Waals surface area contributed by atoms with Gasteiger partial charge in [0.2, 0.25) is 0 Å². The van der Waals surface area contributed by atoms with Crippen LogP contribution >= 0.6 is 17.7 Å². The van der Waals surface area contributed by atoms with Crippen LogP contribution in [-0.2, 0) is 0 Å². The van der Waals surface area contributed by atoms with Crippen molar-refractivity contribution in [3.05, 3.63) is 0 Å². The largest absolute Gasteiger partial charge is 0.503 e. The Hall–Kier alpha value is 0.970. The number of carboxylic acid groups (broad SMARTS) is 2. The molecule has 0 bridgehead atoms. The summed E-state index contributed by atoms with van der Waals surface area (Å²) in [5, 5.41) is 13.9. The minimum absolute atomic E-state index is 0.885. The smallest absolute Gasteiger partial charge is 0.450 e. The molecule has 0 unspecified atom stereocenters. The van der Waals surface area contributed by atoms with Crippen LogP contribution in [-0.4, -0.2) is 48.5 Å². The Morgan fingerprint density at radius 1 is 1.50 bits per heavy atom. The Morgan fingerprint density at radius 3 is 2.17 bits per heavy atom. The Labute approximate surface area is 96.5 Å². The van der Waals surface area contributed by atoms with E-state index in [0.717, 1.165) is 5.92 Å². The molecule has 0 fully saturated rings. The van der Waals surface area contributed by atoms with Gasteiger partial charge < -0.3 is 10.2 Å². The van der Waals surface area contributed by atoms with Gasteiger partial charge in [0.15, 0.2) is 0 Å². The molecule has 0 aliphatic rings. The molecular weight excluding hydrogens is 207 g/mol. The van der Waals surface area contributed by atoms with Gasteiger partial charge in [-0.2, -0.15) is 0 Å². The molecule has 0 saturated heterocycles. The van der Waals surface area contributed by atoms with E-state index >= 15 is 0 Å². The fourth-order valence-electron chi connectivity index (χ4n) is 0.367. The molecule has 6 heteroatoms. The monoisotopic (exact) mass is 220 g/mol. The number of rotatable bonds is 4. The quantitative estimate of drug-likeness (QED) is 0.433. The number of hydrogen-bond acceptors (Lipinski definition) is 3. The Morgan fingerprint density at radius 2 is 1.92 bits per heavy atom. The summed E-state index contributed by atoms with van der Waals surface area (Å²) >= 11 is 1.28. The van der Waals surface area contributed by atoms with E-state index in [1.165, 1.54) is 38.5 Å². The molecule has 0 radical (unpaired) electrons. The molecule has 0 amide bonds. The second-order valence-electron chi connectivity index (χ2n) is 2.45. The maximum Gasteiger partial charge on any atom is 0.503 e. The summed E-state index contributed by atoms with van der Waals surface area (Å²) in [6.45, 7) is 6.55. The summed E-state index contributed by atoms with van der Waals surface area (Å²) in [6, 6.07) is 0. The normalized spacial score (nSPS) is 9.08. The molecule has 0 aromatic carbocycles. The van der Waals surface area contributed by atoms with E-state index in [1.807, 2.05) is 17.7 Å². The zero-order chi connectivity index (χ0) is 9.98. The summed E-state index contributed by atoms with van der Waals surface area (Å²) in [5.74, 6) is 2.22. The van der Waals surface area contributed by atoms with Crippen LogP contribution in [0, 0.1) is 5.92 Å². The van der Waals surface area contributed by atoms with E-state index in [2.05, 4.69) is 13.8 Å². The minimum atomic E-state index is -1.83. The molecule has 0 spiro atoms. The molecule has 0 heterocycles. The van der Waals surface area contributed by atoms with E-state index < -0.39 is 6.16 Å². The van der Waals surface area contributed by atoms with Crippen molar-refractivity contribution in [2.45, 2.75) is 20.3 Å². The van der Waals surface area contributed by atoms with Crippen molar-refractivity contribution in [1.29, 1.82) is 0 Å². The van der Waals surface area contributed by atoms with Gasteiger partial charge in [-0.3, -0.25) is 0 Å². The molecule has 2 N–H and O–H groups in total. The molecule has 68 valence electrons. The summed E-state index contributed by atoms with van der Waals surface area (Å²) < 4.78 is 0. The van der Waals surface area contributed by atoms with Crippen LogP contribution in [0.15, 0.2) is 0 Å². The van der Waals surface area contributed by atoms with Crippen LogP contribution in [0.1, 0.15) is 20.3 Å². The van der Waals surface area contributed by atoms with Crippen LogP contribution in [0.5, 0.6) is 0 Å². The van der Waals surface area contributed by atoms with Crippen molar-refractivity contribution < 1.29 is 15.0 Å². The Balaban J connectivity index is 0. The van der Waals surface area contributed by atoms with Crippen molar-refractivity contribution in [1.82, 2.24) is 0 Å². The molecule has 0 aromatic heterocycles. The second-order valence-corrected chi connectivity index (χ2v) is 8.14. The summed E-state index contributed by atoms with van der Waals surface area (Å²) in [7, 11) is 2.01. The van der Waals surface area contributed by atoms with Crippen molar-refractivity contribution in [2.75, 3.05) is 5.75 Å². The van der Waals surface area contributed by atoms with Gasteiger partial charge in [0.05, 0.1) is 0 Å². The molecule has 0 aliphatic carbocycles. The van der Waals surface area contributed by atoms with E-state index in [1.54, 1.807) is 0 Å². The first-order valence-electron chi connectivity index (χ1n) is 3.58. The molecular formula is C6H13NaO3S2. The van der Waals surface area contributed by atoms with Gasteiger partial charge in [0.1, 0.15) is 0 Å². The van der Waals surface area contributed by atoms with Gasteiger partial charge in [0, 0.05) is 0 Å². The summed E-state index contributed by atoms with van der Waals surface area (Å²) in [4.78, 5) is 8.56. The number of carbonyl (C=O) groups is 1. The maximum atomic E-state index is 8.56. The SMILES string of the molecule is CC(C)CCS[S][Na].O=C(O)O. The van der Waals surface area contributed by atoms with Crippen LogP contribution in [0.3, 0.4) is 0 Å². The van der Waals surface area contributed by atoms with Crippen LogP contribution in [0.25, 0.3) is 0 Å². The predicted molar refractivity (Wildman–Crippen MR) is 55.9 cm³/mol. The van der Waals surface area contributed by atoms with Crippen molar-refractivity contribution in [2.24, 2.45) is 5.92 Å². The summed E-state index contributed by atoms with van der Waals surface area (Å²) in [5.41, 5.74) is 0. The van der Waals surface area contributed by atoms with E-state index in [0.29, 0.717) is 0 Å². The maximum absolute atomic E-state index is 8.56. The van der Waals surface area contributed by atoms with Crippen molar-refractivity contribution in [3.63, 3.8) is 0 Å². The third kappa shape index (κ3) is 30.6. The first-order chi connectivity index (χ1) is 5.50. The van der Waals surface area contributed by atoms with Crippen molar-refractivity contribution in [3.8, 4) is 0 Å². The second kappa shape index (κ2) is 12.0. The first-order valence-corrected chi connectivity index (χ1v) is 8.75. The van der Waals surface area contributed by atoms with Crippen molar-refractivity contribution >= 4 is 50.2 Å². The van der Waals surface area contributed by atoms with E-state index in [-0.39, 0.29) is 0 Å². The Bertz CT molecular complexity index is 107.